The second kappa shape index (κ2) is 11.4. The van der Waals surface area contributed by atoms with Crippen LogP contribution in [-0.2, 0) is 20.9 Å². The third kappa shape index (κ3) is 5.16. The highest BCUT2D eigenvalue weighted by atomic mass is 32.1. The van der Waals surface area contributed by atoms with Crippen LogP contribution in [0, 0.1) is 5.92 Å². The molecule has 0 saturated heterocycles. The first-order valence-corrected chi connectivity index (χ1v) is 13.6. The summed E-state index contributed by atoms with van der Waals surface area (Å²) < 4.78 is 22.4. The molecule has 1 aromatic heterocycles. The summed E-state index contributed by atoms with van der Waals surface area (Å²) in [5.74, 6) is 0.105. The van der Waals surface area contributed by atoms with Crippen molar-refractivity contribution in [3.63, 3.8) is 0 Å². The van der Waals surface area contributed by atoms with Crippen molar-refractivity contribution in [1.82, 2.24) is 5.32 Å². The number of esters is 1. The van der Waals surface area contributed by atoms with E-state index < -0.39 is 17.8 Å². The molecule has 39 heavy (non-hydrogen) atoms. The molecule has 0 saturated carbocycles. The van der Waals surface area contributed by atoms with Crippen LogP contribution in [0.2, 0.25) is 0 Å². The monoisotopic (exact) mass is 545 g/mol. The number of ether oxygens (including phenoxy) is 4. The molecular weight excluding hydrogens is 514 g/mol. The van der Waals surface area contributed by atoms with Gasteiger partial charge < -0.3 is 24.3 Å². The van der Waals surface area contributed by atoms with Gasteiger partial charge in [0.15, 0.2) is 11.5 Å². The lowest BCUT2D eigenvalue weighted by Crippen LogP contribution is -2.42. The van der Waals surface area contributed by atoms with Gasteiger partial charge in [-0.2, -0.15) is 0 Å². The molecule has 1 aliphatic heterocycles. The number of rotatable bonds is 8. The molecule has 0 bridgehead atoms. The Morgan fingerprint density at radius 1 is 0.974 bits per heavy atom. The van der Waals surface area contributed by atoms with Crippen LogP contribution in [0.4, 0.5) is 0 Å². The fourth-order valence-corrected chi connectivity index (χ4v) is 6.27. The van der Waals surface area contributed by atoms with Crippen LogP contribution in [0.1, 0.15) is 41.2 Å². The van der Waals surface area contributed by atoms with Crippen molar-refractivity contribution in [1.29, 1.82) is 0 Å². The third-order valence-electron chi connectivity index (χ3n) is 7.29. The zero-order chi connectivity index (χ0) is 27.5. The van der Waals surface area contributed by atoms with E-state index in [4.69, 9.17) is 18.9 Å². The summed E-state index contributed by atoms with van der Waals surface area (Å²) in [6, 6.07) is 16.9. The Kier molecular flexibility index (Phi) is 7.74. The number of ketones is 1. The summed E-state index contributed by atoms with van der Waals surface area (Å²) in [7, 11) is 4.73. The molecule has 5 rings (SSSR count). The van der Waals surface area contributed by atoms with E-state index in [1.54, 1.807) is 38.7 Å². The van der Waals surface area contributed by atoms with Gasteiger partial charge in [0.05, 0.1) is 32.8 Å². The number of benzene rings is 2. The summed E-state index contributed by atoms with van der Waals surface area (Å²) >= 11 is 1.64. The smallest absolute Gasteiger partial charge is 0.336 e. The van der Waals surface area contributed by atoms with Crippen LogP contribution >= 0.6 is 11.3 Å². The summed E-state index contributed by atoms with van der Waals surface area (Å²) in [5.41, 5.74) is 3.37. The number of allylic oxidation sites excluding steroid dienone is 3. The number of methoxy groups -OCH3 is 3. The van der Waals surface area contributed by atoms with Gasteiger partial charge in [0, 0.05) is 40.1 Å². The van der Waals surface area contributed by atoms with Crippen molar-refractivity contribution in [3.8, 4) is 17.2 Å². The topological polar surface area (TPSA) is 83.1 Å². The second-order valence-corrected chi connectivity index (χ2v) is 10.5. The van der Waals surface area contributed by atoms with Gasteiger partial charge in [-0.05, 0) is 42.1 Å². The quantitative estimate of drug-likeness (QED) is 0.362. The van der Waals surface area contributed by atoms with E-state index in [0.29, 0.717) is 34.8 Å². The van der Waals surface area contributed by atoms with Gasteiger partial charge >= 0.3 is 5.97 Å². The molecule has 0 fully saturated rings. The van der Waals surface area contributed by atoms with E-state index in [1.165, 1.54) is 0 Å². The number of fused-ring (bicyclic) bond motifs is 1. The molecule has 7 nitrogen and oxygen atoms in total. The highest BCUT2D eigenvalue weighted by Crippen LogP contribution is 2.50. The van der Waals surface area contributed by atoms with Crippen LogP contribution < -0.4 is 19.5 Å². The highest BCUT2D eigenvalue weighted by Gasteiger charge is 2.46. The van der Waals surface area contributed by atoms with Crippen LogP contribution in [0.3, 0.4) is 0 Å². The molecule has 0 amide bonds. The molecule has 0 radical (unpaired) electrons. The molecule has 8 heteroatoms. The van der Waals surface area contributed by atoms with E-state index in [1.807, 2.05) is 54.8 Å². The number of para-hydroxylation sites is 1. The number of thiophene rings is 1. The van der Waals surface area contributed by atoms with Gasteiger partial charge in [0.2, 0.25) is 0 Å². The second-order valence-electron chi connectivity index (χ2n) is 9.54. The lowest BCUT2D eigenvalue weighted by molar-refractivity contribution is -0.141. The largest absolute Gasteiger partial charge is 0.497 e. The third-order valence-corrected chi connectivity index (χ3v) is 8.29. The molecule has 0 spiro atoms. The molecule has 1 aliphatic carbocycles. The number of Topliss-reactive ketones (excluding diaryl/α,β-unsaturated/α-hetero) is 1. The first-order chi connectivity index (χ1) is 18.9. The lowest BCUT2D eigenvalue weighted by Gasteiger charge is -2.39. The summed E-state index contributed by atoms with van der Waals surface area (Å²) in [6.45, 7) is 1.93. The number of nitrogens with one attached hydrogen (secondary N) is 1. The van der Waals surface area contributed by atoms with E-state index in [-0.39, 0.29) is 18.3 Å². The van der Waals surface area contributed by atoms with Crippen molar-refractivity contribution in [3.05, 3.63) is 99.0 Å². The first kappa shape index (κ1) is 26.6. The normalized spacial score (nSPS) is 20.5. The van der Waals surface area contributed by atoms with Gasteiger partial charge in [-0.25, -0.2) is 4.79 Å². The Hall–Kier alpha value is -4.04. The minimum absolute atomic E-state index is 0.0134. The number of carbonyl (C=O) groups is 2. The van der Waals surface area contributed by atoms with Gasteiger partial charge in [-0.15, -0.1) is 11.3 Å². The SMILES string of the molecule is COc1ccc(COC(=O)C2=C(C)NC3=CC(c4cccs4)CC(=O)C3C2c2cccc(OC)c2OC)cc1. The molecule has 2 aromatic carbocycles. The van der Waals surface area contributed by atoms with Gasteiger partial charge in [0.1, 0.15) is 18.1 Å². The van der Waals surface area contributed by atoms with Crippen molar-refractivity contribution < 1.29 is 28.5 Å². The number of hydrogen-bond donors (Lipinski definition) is 1. The lowest BCUT2D eigenvalue weighted by atomic mass is 9.69. The average molecular weight is 546 g/mol. The number of carbonyl (C=O) groups excluding carboxylic acids is 2. The van der Waals surface area contributed by atoms with Gasteiger partial charge in [-0.1, -0.05) is 36.4 Å². The maximum Gasteiger partial charge on any atom is 0.336 e. The van der Waals surface area contributed by atoms with Crippen LogP contribution in [0.15, 0.2) is 83.0 Å². The zero-order valence-corrected chi connectivity index (χ0v) is 23.2. The van der Waals surface area contributed by atoms with Crippen LogP contribution in [-0.4, -0.2) is 33.1 Å². The summed E-state index contributed by atoms with van der Waals surface area (Å²) in [6.07, 6.45) is 2.48. The van der Waals surface area contributed by atoms with Crippen LogP contribution in [0.25, 0.3) is 0 Å². The van der Waals surface area contributed by atoms with E-state index in [9.17, 15) is 9.59 Å². The standard InChI is InChI=1S/C31H31NO6S/c1-18-27(31(34)38-17-19-10-12-21(35-2)13-11-19)28(22-7-5-8-25(36-3)30(22)37-4)29-23(32-18)15-20(16-24(29)33)26-9-6-14-39-26/h5-15,20,28-29,32H,16-17H2,1-4H3. The maximum atomic E-state index is 13.9. The summed E-state index contributed by atoms with van der Waals surface area (Å²) in [5, 5.41) is 5.40. The highest BCUT2D eigenvalue weighted by molar-refractivity contribution is 7.10. The first-order valence-electron chi connectivity index (χ1n) is 12.7. The van der Waals surface area contributed by atoms with Crippen molar-refractivity contribution in [2.75, 3.05) is 21.3 Å². The van der Waals surface area contributed by atoms with Gasteiger partial charge in [0.25, 0.3) is 0 Å². The fraction of sp³-hybridized carbons (Fsp3) is 0.290. The molecule has 2 heterocycles. The van der Waals surface area contributed by atoms with E-state index >= 15 is 0 Å². The molecule has 3 aromatic rings. The van der Waals surface area contributed by atoms with E-state index in [2.05, 4.69) is 17.5 Å². The molecule has 202 valence electrons. The predicted molar refractivity (Wildman–Crippen MR) is 149 cm³/mol. The average Bonchev–Trinajstić information content (AvgIpc) is 3.50. The molecular formula is C31H31NO6S. The minimum atomic E-state index is -0.609. The maximum absolute atomic E-state index is 13.9. The van der Waals surface area contributed by atoms with E-state index in [0.717, 1.165) is 21.9 Å². The van der Waals surface area contributed by atoms with Crippen molar-refractivity contribution in [2.24, 2.45) is 5.92 Å². The van der Waals surface area contributed by atoms with Gasteiger partial charge in [-0.3, -0.25) is 4.79 Å². The number of hydrogen-bond acceptors (Lipinski definition) is 8. The summed E-state index contributed by atoms with van der Waals surface area (Å²) in [4.78, 5) is 28.7. The molecule has 2 aliphatic rings. The zero-order valence-electron chi connectivity index (χ0n) is 22.4. The predicted octanol–water partition coefficient (Wildman–Crippen LogP) is 5.73. The molecule has 3 atom stereocenters. The molecule has 1 N–H and O–H groups in total. The van der Waals surface area contributed by atoms with Crippen molar-refractivity contribution >= 4 is 23.1 Å². The Labute approximate surface area is 232 Å². The Morgan fingerprint density at radius 2 is 1.77 bits per heavy atom. The Balaban J connectivity index is 1.56. The minimum Gasteiger partial charge on any atom is -0.497 e. The fourth-order valence-electron chi connectivity index (χ4n) is 5.47. The molecule has 3 unspecified atom stereocenters. The Bertz CT molecular complexity index is 1420. The Morgan fingerprint density at radius 3 is 2.44 bits per heavy atom. The van der Waals surface area contributed by atoms with Crippen molar-refractivity contribution in [2.45, 2.75) is 31.8 Å². The van der Waals surface area contributed by atoms with Crippen LogP contribution in [0.5, 0.6) is 17.2 Å².